The Morgan fingerprint density at radius 1 is 1.00 bits per heavy atom. The van der Waals surface area contributed by atoms with Crippen LogP contribution >= 0.6 is 11.8 Å². The number of hydrogen-bond acceptors (Lipinski definition) is 5. The summed E-state index contributed by atoms with van der Waals surface area (Å²) in [7, 11) is 1.53. The second-order valence-corrected chi connectivity index (χ2v) is 8.84. The lowest BCUT2D eigenvalue weighted by Crippen LogP contribution is -2.16. The number of amides is 2. The normalized spacial score (nSPS) is 10.6. The number of carbonyl (C=O) groups is 2. The second-order valence-electron chi connectivity index (χ2n) is 7.90. The van der Waals surface area contributed by atoms with Gasteiger partial charge >= 0.3 is 0 Å². The van der Waals surface area contributed by atoms with E-state index in [1.807, 2.05) is 36.5 Å². The number of ether oxygens (including phenoxy) is 1. The highest BCUT2D eigenvalue weighted by Crippen LogP contribution is 2.31. The molecular weight excluding hydrogens is 460 g/mol. The lowest BCUT2D eigenvalue weighted by molar-refractivity contribution is -0.114. The molecule has 0 bridgehead atoms. The molecule has 2 N–H and O–H groups in total. The molecule has 0 spiro atoms. The lowest BCUT2D eigenvalue weighted by Gasteiger charge is -2.14. The summed E-state index contributed by atoms with van der Waals surface area (Å²) in [5, 5.41) is 6.30. The molecule has 35 heavy (non-hydrogen) atoms. The first-order valence-corrected chi connectivity index (χ1v) is 12.0. The second kappa shape index (κ2) is 10.9. The van der Waals surface area contributed by atoms with E-state index in [9.17, 15) is 9.59 Å². The maximum Gasteiger partial charge on any atom is 0.234 e. The van der Waals surface area contributed by atoms with Gasteiger partial charge in [0.15, 0.2) is 5.16 Å². The third-order valence-corrected chi connectivity index (χ3v) is 6.17. The van der Waals surface area contributed by atoms with E-state index >= 15 is 0 Å². The van der Waals surface area contributed by atoms with E-state index in [0.29, 0.717) is 22.3 Å². The number of methoxy groups -OCH3 is 1. The number of aromatic nitrogens is 2. The molecule has 0 aliphatic heterocycles. The van der Waals surface area contributed by atoms with Gasteiger partial charge in [-0.2, -0.15) is 0 Å². The molecule has 2 amide bonds. The smallest absolute Gasteiger partial charge is 0.234 e. The van der Waals surface area contributed by atoms with Crippen molar-refractivity contribution in [3.05, 3.63) is 84.6 Å². The molecule has 3 aromatic carbocycles. The van der Waals surface area contributed by atoms with Gasteiger partial charge in [-0.15, -0.1) is 0 Å². The first kappa shape index (κ1) is 24.1. The minimum absolute atomic E-state index is 0.144. The van der Waals surface area contributed by atoms with Crippen LogP contribution in [0.2, 0.25) is 0 Å². The van der Waals surface area contributed by atoms with Gasteiger partial charge in [-0.25, -0.2) is 4.98 Å². The number of imidazole rings is 1. The number of nitrogens with zero attached hydrogens (tertiary/aromatic N) is 2. The minimum atomic E-state index is -0.215. The Kier molecular flexibility index (Phi) is 7.52. The summed E-state index contributed by atoms with van der Waals surface area (Å²) in [5.74, 6) is 0.239. The summed E-state index contributed by atoms with van der Waals surface area (Å²) in [6.45, 7) is 3.48. The van der Waals surface area contributed by atoms with Crippen LogP contribution in [0.25, 0.3) is 16.9 Å². The van der Waals surface area contributed by atoms with Crippen molar-refractivity contribution in [3.8, 4) is 22.7 Å². The zero-order chi connectivity index (χ0) is 24.8. The van der Waals surface area contributed by atoms with Crippen LogP contribution in [-0.2, 0) is 9.59 Å². The zero-order valence-electron chi connectivity index (χ0n) is 19.7. The van der Waals surface area contributed by atoms with Gasteiger partial charge in [-0.1, -0.05) is 59.8 Å². The van der Waals surface area contributed by atoms with Crippen molar-refractivity contribution in [2.24, 2.45) is 0 Å². The van der Waals surface area contributed by atoms with Crippen LogP contribution in [0, 0.1) is 6.92 Å². The summed E-state index contributed by atoms with van der Waals surface area (Å²) in [4.78, 5) is 28.9. The fourth-order valence-electron chi connectivity index (χ4n) is 3.59. The topological polar surface area (TPSA) is 85.2 Å². The maximum absolute atomic E-state index is 12.8. The first-order chi connectivity index (χ1) is 16.9. The largest absolute Gasteiger partial charge is 0.495 e. The molecule has 0 atom stereocenters. The minimum Gasteiger partial charge on any atom is -0.495 e. The molecule has 8 heteroatoms. The molecule has 0 unspecified atom stereocenters. The average molecular weight is 487 g/mol. The third kappa shape index (κ3) is 5.91. The number of rotatable bonds is 8. The molecule has 0 aliphatic carbocycles. The van der Waals surface area contributed by atoms with Crippen LogP contribution in [0.4, 0.5) is 11.4 Å². The first-order valence-electron chi connectivity index (χ1n) is 11.0. The Morgan fingerprint density at radius 3 is 2.43 bits per heavy atom. The van der Waals surface area contributed by atoms with Gasteiger partial charge in [-0.05, 0) is 37.3 Å². The Balaban J connectivity index is 1.56. The van der Waals surface area contributed by atoms with Gasteiger partial charge in [0.05, 0.1) is 30.4 Å². The number of anilines is 2. The van der Waals surface area contributed by atoms with E-state index in [1.54, 1.807) is 18.2 Å². The van der Waals surface area contributed by atoms with E-state index in [2.05, 4.69) is 51.4 Å². The predicted molar refractivity (Wildman–Crippen MR) is 140 cm³/mol. The van der Waals surface area contributed by atoms with Crippen LogP contribution in [0.3, 0.4) is 0 Å². The standard InChI is InChI=1S/C27H26N4O3S/c1-18-9-11-20(12-10-18)24-16-28-27(31(24)22-7-5-4-6-8-22)35-17-26(33)30-23-15-21(29-19(2)32)13-14-25(23)34-3/h4-16H,17H2,1-3H3,(H,29,32)(H,30,33). The summed E-state index contributed by atoms with van der Waals surface area (Å²) in [6.07, 6.45) is 1.83. The van der Waals surface area contributed by atoms with Crippen molar-refractivity contribution in [3.63, 3.8) is 0 Å². The highest BCUT2D eigenvalue weighted by Gasteiger charge is 2.16. The van der Waals surface area contributed by atoms with Gasteiger partial charge in [0.1, 0.15) is 5.75 Å². The van der Waals surface area contributed by atoms with E-state index in [-0.39, 0.29) is 17.6 Å². The van der Waals surface area contributed by atoms with E-state index in [0.717, 1.165) is 16.9 Å². The number of aryl methyl sites for hydroxylation is 1. The van der Waals surface area contributed by atoms with Gasteiger partial charge in [-0.3, -0.25) is 14.2 Å². The zero-order valence-corrected chi connectivity index (χ0v) is 20.6. The molecule has 1 heterocycles. The van der Waals surface area contributed by atoms with E-state index in [4.69, 9.17) is 4.74 Å². The Hall–Kier alpha value is -4.04. The quantitative estimate of drug-likeness (QED) is 0.319. The predicted octanol–water partition coefficient (Wildman–Crippen LogP) is 5.55. The van der Waals surface area contributed by atoms with Crippen molar-refractivity contribution < 1.29 is 14.3 Å². The molecule has 0 saturated carbocycles. The summed E-state index contributed by atoms with van der Waals surface area (Å²) >= 11 is 1.35. The van der Waals surface area contributed by atoms with Gasteiger partial charge in [0, 0.05) is 23.9 Å². The third-order valence-electron chi connectivity index (χ3n) is 5.22. The molecule has 0 saturated heterocycles. The molecule has 4 rings (SSSR count). The monoisotopic (exact) mass is 486 g/mol. The van der Waals surface area contributed by atoms with Crippen molar-refractivity contribution >= 4 is 35.0 Å². The summed E-state index contributed by atoms with van der Waals surface area (Å²) < 4.78 is 7.41. The van der Waals surface area contributed by atoms with Gasteiger partial charge in [0.25, 0.3) is 0 Å². The van der Waals surface area contributed by atoms with Gasteiger partial charge in [0.2, 0.25) is 11.8 Å². The molecular formula is C27H26N4O3S. The van der Waals surface area contributed by atoms with Crippen molar-refractivity contribution in [2.75, 3.05) is 23.5 Å². The van der Waals surface area contributed by atoms with Crippen molar-refractivity contribution in [2.45, 2.75) is 19.0 Å². The molecule has 0 fully saturated rings. The Morgan fingerprint density at radius 2 is 1.74 bits per heavy atom. The highest BCUT2D eigenvalue weighted by molar-refractivity contribution is 7.99. The fourth-order valence-corrected chi connectivity index (χ4v) is 4.39. The van der Waals surface area contributed by atoms with Crippen molar-refractivity contribution in [1.82, 2.24) is 9.55 Å². The number of nitrogens with one attached hydrogen (secondary N) is 2. The summed E-state index contributed by atoms with van der Waals surface area (Å²) in [5.41, 5.74) is 5.20. The average Bonchev–Trinajstić information content (AvgIpc) is 3.27. The maximum atomic E-state index is 12.8. The molecule has 0 radical (unpaired) electrons. The van der Waals surface area contributed by atoms with Crippen LogP contribution in [-0.4, -0.2) is 34.2 Å². The number of para-hydroxylation sites is 1. The van der Waals surface area contributed by atoms with Crippen LogP contribution in [0.1, 0.15) is 12.5 Å². The highest BCUT2D eigenvalue weighted by atomic mass is 32.2. The number of thioether (sulfide) groups is 1. The molecule has 178 valence electrons. The lowest BCUT2D eigenvalue weighted by atomic mass is 10.1. The van der Waals surface area contributed by atoms with Crippen LogP contribution in [0.5, 0.6) is 5.75 Å². The molecule has 7 nitrogen and oxygen atoms in total. The number of hydrogen-bond donors (Lipinski definition) is 2. The number of benzene rings is 3. The van der Waals surface area contributed by atoms with Crippen LogP contribution in [0.15, 0.2) is 84.1 Å². The Labute approximate surface area is 208 Å². The fraction of sp³-hybridized carbons (Fsp3) is 0.148. The number of carbonyl (C=O) groups excluding carboxylic acids is 2. The molecule has 0 aliphatic rings. The Bertz CT molecular complexity index is 1330. The molecule has 4 aromatic rings. The molecule has 1 aromatic heterocycles. The van der Waals surface area contributed by atoms with Crippen molar-refractivity contribution in [1.29, 1.82) is 0 Å². The SMILES string of the molecule is COc1ccc(NC(C)=O)cc1NC(=O)CSc1ncc(-c2ccc(C)cc2)n1-c1ccccc1. The van der Waals surface area contributed by atoms with E-state index < -0.39 is 0 Å². The van der Waals surface area contributed by atoms with Gasteiger partial charge < -0.3 is 15.4 Å². The summed E-state index contributed by atoms with van der Waals surface area (Å²) in [6, 6.07) is 23.3. The van der Waals surface area contributed by atoms with Crippen LogP contribution < -0.4 is 15.4 Å². The van der Waals surface area contributed by atoms with E-state index in [1.165, 1.54) is 31.4 Å².